The first-order valence-corrected chi connectivity index (χ1v) is 6.40. The molecule has 0 spiro atoms. The highest BCUT2D eigenvalue weighted by Crippen LogP contribution is 2.25. The van der Waals surface area contributed by atoms with Crippen LogP contribution in [-0.4, -0.2) is 13.0 Å². The molecule has 20 heavy (non-hydrogen) atoms. The molecule has 0 bridgehead atoms. The second kappa shape index (κ2) is 5.84. The van der Waals surface area contributed by atoms with E-state index in [1.807, 2.05) is 19.1 Å². The third kappa shape index (κ3) is 3.03. The molecule has 4 nitrogen and oxygen atoms in total. The first-order valence-electron chi connectivity index (χ1n) is 6.02. The van der Waals surface area contributed by atoms with Crippen molar-refractivity contribution in [2.24, 2.45) is 0 Å². The molecule has 0 aliphatic carbocycles. The van der Waals surface area contributed by atoms with Crippen LogP contribution in [0.5, 0.6) is 5.75 Å². The Morgan fingerprint density at radius 2 is 2.00 bits per heavy atom. The number of carbonyl (C=O) groups excluding carboxylic acids is 1. The maximum atomic E-state index is 12.3. The van der Waals surface area contributed by atoms with E-state index in [0.717, 1.165) is 5.56 Å². The lowest BCUT2D eigenvalue weighted by atomic mass is 10.1. The van der Waals surface area contributed by atoms with Gasteiger partial charge in [-0.15, -0.1) is 0 Å². The fourth-order valence-electron chi connectivity index (χ4n) is 1.83. The van der Waals surface area contributed by atoms with E-state index >= 15 is 0 Å². The van der Waals surface area contributed by atoms with Crippen LogP contribution in [-0.2, 0) is 0 Å². The number of halogens is 1. The van der Waals surface area contributed by atoms with Crippen molar-refractivity contribution < 1.29 is 9.53 Å². The van der Waals surface area contributed by atoms with Gasteiger partial charge in [-0.1, -0.05) is 17.7 Å². The van der Waals surface area contributed by atoms with Crippen molar-refractivity contribution in [2.75, 3.05) is 18.2 Å². The number of ether oxygens (including phenoxy) is 1. The number of nitrogen functional groups attached to an aromatic ring is 1. The van der Waals surface area contributed by atoms with E-state index in [0.29, 0.717) is 27.7 Å². The largest absolute Gasteiger partial charge is 0.496 e. The van der Waals surface area contributed by atoms with Crippen molar-refractivity contribution in [3.05, 3.63) is 52.5 Å². The number of nitrogens with one attached hydrogen (secondary N) is 1. The van der Waals surface area contributed by atoms with Gasteiger partial charge in [-0.2, -0.15) is 0 Å². The Hall–Kier alpha value is -2.20. The first kappa shape index (κ1) is 14.2. The van der Waals surface area contributed by atoms with Crippen LogP contribution >= 0.6 is 11.6 Å². The smallest absolute Gasteiger partial charge is 0.259 e. The third-order valence-electron chi connectivity index (χ3n) is 2.86. The predicted octanol–water partition coefficient (Wildman–Crippen LogP) is 3.49. The summed E-state index contributed by atoms with van der Waals surface area (Å²) in [4.78, 5) is 12.3. The van der Waals surface area contributed by atoms with Crippen LogP contribution in [0, 0.1) is 6.92 Å². The van der Waals surface area contributed by atoms with Crippen molar-refractivity contribution in [3.8, 4) is 5.75 Å². The van der Waals surface area contributed by atoms with E-state index in [2.05, 4.69) is 5.32 Å². The van der Waals surface area contributed by atoms with Crippen molar-refractivity contribution in [1.82, 2.24) is 0 Å². The molecule has 0 radical (unpaired) electrons. The Kier molecular flexibility index (Phi) is 4.15. The van der Waals surface area contributed by atoms with Crippen LogP contribution < -0.4 is 15.8 Å². The quantitative estimate of drug-likeness (QED) is 0.851. The summed E-state index contributed by atoms with van der Waals surface area (Å²) in [7, 11) is 1.50. The Labute approximate surface area is 122 Å². The maximum absolute atomic E-state index is 12.3. The Morgan fingerprint density at radius 3 is 2.70 bits per heavy atom. The number of rotatable bonds is 3. The molecule has 0 fully saturated rings. The molecule has 3 N–H and O–H groups in total. The van der Waals surface area contributed by atoms with E-state index in [9.17, 15) is 4.79 Å². The third-order valence-corrected chi connectivity index (χ3v) is 3.10. The first-order chi connectivity index (χ1) is 9.51. The summed E-state index contributed by atoms with van der Waals surface area (Å²) >= 11 is 5.92. The van der Waals surface area contributed by atoms with E-state index in [1.165, 1.54) is 7.11 Å². The van der Waals surface area contributed by atoms with Crippen LogP contribution in [0.2, 0.25) is 5.02 Å². The van der Waals surface area contributed by atoms with Crippen molar-refractivity contribution >= 4 is 28.9 Å². The van der Waals surface area contributed by atoms with Gasteiger partial charge >= 0.3 is 0 Å². The molecule has 104 valence electrons. The topological polar surface area (TPSA) is 64.3 Å². The summed E-state index contributed by atoms with van der Waals surface area (Å²) in [5.41, 5.74) is 8.28. The monoisotopic (exact) mass is 290 g/mol. The van der Waals surface area contributed by atoms with E-state index in [1.54, 1.807) is 24.3 Å². The fraction of sp³-hybridized carbons (Fsp3) is 0.133. The molecule has 0 heterocycles. The van der Waals surface area contributed by atoms with Crippen LogP contribution in [0.4, 0.5) is 11.4 Å². The summed E-state index contributed by atoms with van der Waals surface area (Å²) in [6.07, 6.45) is 0. The number of amides is 1. The van der Waals surface area contributed by atoms with E-state index < -0.39 is 0 Å². The molecule has 0 saturated carbocycles. The lowest BCUT2D eigenvalue weighted by molar-refractivity contribution is 0.102. The van der Waals surface area contributed by atoms with Crippen molar-refractivity contribution in [1.29, 1.82) is 0 Å². The zero-order valence-corrected chi connectivity index (χ0v) is 12.0. The van der Waals surface area contributed by atoms with E-state index in [4.69, 9.17) is 22.1 Å². The second-order valence-corrected chi connectivity index (χ2v) is 4.83. The molecule has 2 aromatic carbocycles. The number of methoxy groups -OCH3 is 1. The van der Waals surface area contributed by atoms with Gasteiger partial charge in [0.05, 0.1) is 24.0 Å². The number of benzene rings is 2. The lowest BCUT2D eigenvalue weighted by Gasteiger charge is -2.11. The zero-order chi connectivity index (χ0) is 14.7. The van der Waals surface area contributed by atoms with Gasteiger partial charge in [-0.3, -0.25) is 4.79 Å². The molecule has 0 aromatic heterocycles. The summed E-state index contributed by atoms with van der Waals surface area (Å²) in [5, 5.41) is 3.23. The number of aryl methyl sites for hydroxylation is 1. The molecule has 0 saturated heterocycles. The Morgan fingerprint density at radius 1 is 1.25 bits per heavy atom. The molecule has 0 atom stereocenters. The maximum Gasteiger partial charge on any atom is 0.259 e. The molecule has 5 heteroatoms. The minimum Gasteiger partial charge on any atom is -0.496 e. The van der Waals surface area contributed by atoms with Crippen LogP contribution in [0.25, 0.3) is 0 Å². The van der Waals surface area contributed by atoms with Gasteiger partial charge in [0, 0.05) is 5.02 Å². The number of anilines is 2. The molecule has 1 amide bonds. The summed E-state index contributed by atoms with van der Waals surface area (Å²) in [5.74, 6) is 0.139. The highest BCUT2D eigenvalue weighted by molar-refractivity contribution is 6.31. The molecule has 2 aromatic rings. The predicted molar refractivity (Wildman–Crippen MR) is 81.5 cm³/mol. The minimum atomic E-state index is -0.318. The lowest BCUT2D eigenvalue weighted by Crippen LogP contribution is -2.14. The number of nitrogens with two attached hydrogens (primary N) is 1. The molecule has 2 rings (SSSR count). The average molecular weight is 291 g/mol. The van der Waals surface area contributed by atoms with Gasteiger partial charge in [-0.05, 0) is 42.8 Å². The Balaban J connectivity index is 2.32. The molecular weight excluding hydrogens is 276 g/mol. The van der Waals surface area contributed by atoms with Gasteiger partial charge < -0.3 is 15.8 Å². The standard InChI is InChI=1S/C15H15ClN2O2/c1-9-3-5-12(17)13(7-9)18-15(19)11-8-10(16)4-6-14(11)20-2/h3-8H,17H2,1-2H3,(H,18,19). The SMILES string of the molecule is COc1ccc(Cl)cc1C(=O)Nc1cc(C)ccc1N. The van der Waals surface area contributed by atoms with Gasteiger partial charge in [-0.25, -0.2) is 0 Å². The number of hydrogen-bond donors (Lipinski definition) is 2. The van der Waals surface area contributed by atoms with Crippen molar-refractivity contribution in [3.63, 3.8) is 0 Å². The van der Waals surface area contributed by atoms with E-state index in [-0.39, 0.29) is 5.91 Å². The summed E-state index contributed by atoms with van der Waals surface area (Å²) in [6, 6.07) is 10.3. The number of hydrogen-bond acceptors (Lipinski definition) is 3. The zero-order valence-electron chi connectivity index (χ0n) is 11.2. The van der Waals surface area contributed by atoms with Gasteiger partial charge in [0.15, 0.2) is 0 Å². The highest BCUT2D eigenvalue weighted by atomic mass is 35.5. The van der Waals surface area contributed by atoms with Crippen molar-refractivity contribution in [2.45, 2.75) is 6.92 Å². The number of carbonyl (C=O) groups is 1. The molecule has 0 aliphatic heterocycles. The second-order valence-electron chi connectivity index (χ2n) is 4.39. The van der Waals surface area contributed by atoms with Gasteiger partial charge in [0.25, 0.3) is 5.91 Å². The van der Waals surface area contributed by atoms with Crippen LogP contribution in [0.1, 0.15) is 15.9 Å². The highest BCUT2D eigenvalue weighted by Gasteiger charge is 2.14. The normalized spacial score (nSPS) is 10.2. The average Bonchev–Trinajstić information content (AvgIpc) is 2.42. The molecule has 0 aliphatic rings. The van der Waals surface area contributed by atoms with Gasteiger partial charge in [0.1, 0.15) is 5.75 Å². The summed E-state index contributed by atoms with van der Waals surface area (Å²) in [6.45, 7) is 1.93. The van der Waals surface area contributed by atoms with Crippen LogP contribution in [0.3, 0.4) is 0 Å². The minimum absolute atomic E-state index is 0.318. The van der Waals surface area contributed by atoms with Gasteiger partial charge in [0.2, 0.25) is 0 Å². The molecule has 0 unspecified atom stereocenters. The summed E-state index contributed by atoms with van der Waals surface area (Å²) < 4.78 is 5.16. The molecular formula is C15H15ClN2O2. The Bertz CT molecular complexity index is 656. The van der Waals surface area contributed by atoms with Crippen LogP contribution in [0.15, 0.2) is 36.4 Å². The fourth-order valence-corrected chi connectivity index (χ4v) is 2.00.